The molecule has 0 bridgehead atoms. The van der Waals surface area contributed by atoms with Gasteiger partial charge in [-0.3, -0.25) is 4.79 Å². The van der Waals surface area contributed by atoms with E-state index in [0.717, 1.165) is 18.5 Å². The molecule has 0 aliphatic heterocycles. The highest BCUT2D eigenvalue weighted by molar-refractivity contribution is 7.14. The molecule has 16 heavy (non-hydrogen) atoms. The molecule has 0 saturated carbocycles. The van der Waals surface area contributed by atoms with Crippen LogP contribution in [0.2, 0.25) is 4.34 Å². The Morgan fingerprint density at radius 1 is 1.62 bits per heavy atom. The molecule has 0 radical (unpaired) electrons. The van der Waals surface area contributed by atoms with Crippen LogP contribution in [0.5, 0.6) is 0 Å². The minimum absolute atomic E-state index is 0. The lowest BCUT2D eigenvalue weighted by molar-refractivity contribution is 0.0982. The Labute approximate surface area is 112 Å². The number of thiophene rings is 1. The first-order valence-electron chi connectivity index (χ1n) is 5.14. The van der Waals surface area contributed by atoms with Crippen LogP contribution in [0.25, 0.3) is 0 Å². The van der Waals surface area contributed by atoms with Crippen LogP contribution >= 0.6 is 35.3 Å². The van der Waals surface area contributed by atoms with Gasteiger partial charge >= 0.3 is 0 Å². The Kier molecular flexibility index (Phi) is 8.02. The molecule has 1 rings (SSSR count). The molecule has 1 unspecified atom stereocenters. The molecule has 5 heteroatoms. The summed E-state index contributed by atoms with van der Waals surface area (Å²) in [5.41, 5.74) is 0.732. The van der Waals surface area contributed by atoms with E-state index in [-0.39, 0.29) is 18.2 Å². The Morgan fingerprint density at radius 3 is 2.81 bits per heavy atom. The maximum atomic E-state index is 11.6. The maximum Gasteiger partial charge on any atom is 0.165 e. The molecule has 92 valence electrons. The van der Waals surface area contributed by atoms with Gasteiger partial charge in [0, 0.05) is 30.0 Å². The highest BCUT2D eigenvalue weighted by Gasteiger charge is 2.08. The van der Waals surface area contributed by atoms with Gasteiger partial charge < -0.3 is 5.32 Å². The van der Waals surface area contributed by atoms with Gasteiger partial charge in [0.1, 0.15) is 0 Å². The summed E-state index contributed by atoms with van der Waals surface area (Å²) in [6.45, 7) is 4.98. The van der Waals surface area contributed by atoms with E-state index < -0.39 is 0 Å². The average molecular weight is 282 g/mol. The van der Waals surface area contributed by atoms with Crippen molar-refractivity contribution in [3.63, 3.8) is 0 Å². The van der Waals surface area contributed by atoms with Crippen LogP contribution in [0.1, 0.15) is 37.0 Å². The molecule has 1 atom stereocenters. The third-order valence-electron chi connectivity index (χ3n) is 2.35. The van der Waals surface area contributed by atoms with E-state index in [4.69, 9.17) is 11.6 Å². The van der Waals surface area contributed by atoms with E-state index in [2.05, 4.69) is 19.2 Å². The van der Waals surface area contributed by atoms with Crippen molar-refractivity contribution in [2.45, 2.75) is 32.7 Å². The lowest BCUT2D eigenvalue weighted by Gasteiger charge is -2.09. The van der Waals surface area contributed by atoms with Crippen molar-refractivity contribution in [1.29, 1.82) is 0 Å². The van der Waals surface area contributed by atoms with Gasteiger partial charge in [-0.2, -0.15) is 0 Å². The normalized spacial score (nSPS) is 11.9. The third kappa shape index (κ3) is 5.30. The topological polar surface area (TPSA) is 29.1 Å². The van der Waals surface area contributed by atoms with Gasteiger partial charge in [-0.05, 0) is 19.4 Å². The second-order valence-electron chi connectivity index (χ2n) is 3.58. The highest BCUT2D eigenvalue weighted by atomic mass is 35.5. The summed E-state index contributed by atoms with van der Waals surface area (Å²) in [4.78, 5) is 11.6. The van der Waals surface area contributed by atoms with Gasteiger partial charge in [0.15, 0.2) is 5.78 Å². The summed E-state index contributed by atoms with van der Waals surface area (Å²) in [5, 5.41) is 5.10. The Hall–Kier alpha value is -0.0900. The zero-order valence-electron chi connectivity index (χ0n) is 9.46. The average Bonchev–Trinajstić information content (AvgIpc) is 2.64. The number of rotatable bonds is 6. The summed E-state index contributed by atoms with van der Waals surface area (Å²) >= 11 is 7.16. The van der Waals surface area contributed by atoms with E-state index in [1.807, 2.05) is 5.38 Å². The van der Waals surface area contributed by atoms with Crippen molar-refractivity contribution in [3.8, 4) is 0 Å². The Morgan fingerprint density at radius 2 is 2.31 bits per heavy atom. The first kappa shape index (κ1) is 15.9. The second kappa shape index (κ2) is 8.07. The number of ketones is 1. The van der Waals surface area contributed by atoms with Crippen LogP contribution in [0, 0.1) is 0 Å². The van der Waals surface area contributed by atoms with E-state index in [0.29, 0.717) is 16.8 Å². The summed E-state index contributed by atoms with van der Waals surface area (Å²) in [5.74, 6) is 0.161. The van der Waals surface area contributed by atoms with Crippen molar-refractivity contribution < 1.29 is 4.79 Å². The molecule has 0 aliphatic carbocycles. The molecular weight excluding hydrogens is 265 g/mol. The molecule has 0 amide bonds. The quantitative estimate of drug-likeness (QED) is 0.804. The van der Waals surface area contributed by atoms with Gasteiger partial charge in [-0.15, -0.1) is 23.7 Å². The van der Waals surface area contributed by atoms with E-state index >= 15 is 0 Å². The van der Waals surface area contributed by atoms with Crippen LogP contribution in [0.4, 0.5) is 0 Å². The van der Waals surface area contributed by atoms with E-state index in [9.17, 15) is 4.79 Å². The van der Waals surface area contributed by atoms with Crippen LogP contribution in [0.3, 0.4) is 0 Å². The van der Waals surface area contributed by atoms with Crippen LogP contribution in [-0.2, 0) is 0 Å². The predicted octanol–water partition coefficient (Wildman–Crippen LogP) is 3.78. The highest BCUT2D eigenvalue weighted by Crippen LogP contribution is 2.20. The van der Waals surface area contributed by atoms with Crippen LogP contribution < -0.4 is 5.32 Å². The lowest BCUT2D eigenvalue weighted by atomic mass is 10.1. The van der Waals surface area contributed by atoms with Gasteiger partial charge in [-0.25, -0.2) is 0 Å². The molecular formula is C11H17Cl2NOS. The van der Waals surface area contributed by atoms with E-state index in [1.54, 1.807) is 6.07 Å². The number of hydrogen-bond acceptors (Lipinski definition) is 3. The molecule has 1 heterocycles. The summed E-state index contributed by atoms with van der Waals surface area (Å²) in [6.07, 6.45) is 1.62. The largest absolute Gasteiger partial charge is 0.314 e. The standard InChI is InChI=1S/C11H16ClNOS.ClH/c1-3-8(2)13-5-4-10(14)9-6-11(12)15-7-9;/h6-8,13H,3-5H2,1-2H3;1H. The first-order valence-corrected chi connectivity index (χ1v) is 6.40. The van der Waals surface area contributed by atoms with Gasteiger partial charge in [0.05, 0.1) is 4.34 Å². The van der Waals surface area contributed by atoms with Gasteiger partial charge in [0.2, 0.25) is 0 Å². The maximum absolute atomic E-state index is 11.6. The smallest absolute Gasteiger partial charge is 0.165 e. The van der Waals surface area contributed by atoms with Crippen LogP contribution in [-0.4, -0.2) is 18.4 Å². The van der Waals surface area contributed by atoms with Crippen molar-refractivity contribution >= 4 is 41.1 Å². The molecule has 1 aromatic rings. The minimum Gasteiger partial charge on any atom is -0.314 e. The molecule has 0 fully saturated rings. The van der Waals surface area contributed by atoms with Gasteiger partial charge in [0.25, 0.3) is 0 Å². The number of carbonyl (C=O) groups is 1. The van der Waals surface area contributed by atoms with E-state index in [1.165, 1.54) is 11.3 Å². The minimum atomic E-state index is 0. The fraction of sp³-hybridized carbons (Fsp3) is 0.545. The predicted molar refractivity (Wildman–Crippen MR) is 73.3 cm³/mol. The molecule has 0 spiro atoms. The summed E-state index contributed by atoms with van der Waals surface area (Å²) in [6, 6.07) is 2.21. The molecule has 2 nitrogen and oxygen atoms in total. The van der Waals surface area contributed by atoms with Crippen LogP contribution in [0.15, 0.2) is 11.4 Å². The van der Waals surface area contributed by atoms with Crippen molar-refractivity contribution in [1.82, 2.24) is 5.32 Å². The lowest BCUT2D eigenvalue weighted by Crippen LogP contribution is -2.27. The molecule has 0 saturated heterocycles. The molecule has 1 N–H and O–H groups in total. The summed E-state index contributed by atoms with van der Waals surface area (Å²) in [7, 11) is 0. The fourth-order valence-electron chi connectivity index (χ4n) is 1.18. The number of halogens is 2. The zero-order chi connectivity index (χ0) is 11.3. The monoisotopic (exact) mass is 281 g/mol. The number of carbonyl (C=O) groups excluding carboxylic acids is 1. The Bertz CT molecular complexity index is 328. The molecule has 0 aromatic carbocycles. The van der Waals surface area contributed by atoms with Crippen molar-refractivity contribution in [3.05, 3.63) is 21.3 Å². The molecule has 1 aromatic heterocycles. The first-order chi connectivity index (χ1) is 7.13. The summed E-state index contributed by atoms with van der Waals surface area (Å²) < 4.78 is 0.674. The third-order valence-corrected chi connectivity index (χ3v) is 3.44. The Balaban J connectivity index is 0.00000225. The molecule has 0 aliphatic rings. The van der Waals surface area contributed by atoms with Gasteiger partial charge in [-0.1, -0.05) is 18.5 Å². The SMILES string of the molecule is CCC(C)NCCC(=O)c1csc(Cl)c1.Cl. The zero-order valence-corrected chi connectivity index (χ0v) is 11.8. The number of nitrogens with one attached hydrogen (secondary N) is 1. The second-order valence-corrected chi connectivity index (χ2v) is 5.12. The van der Waals surface area contributed by atoms with Crippen molar-refractivity contribution in [2.75, 3.05) is 6.54 Å². The fourth-order valence-corrected chi connectivity index (χ4v) is 2.06. The van der Waals surface area contributed by atoms with Crippen molar-refractivity contribution in [2.24, 2.45) is 0 Å². The number of Topliss-reactive ketones (excluding diaryl/α,β-unsaturated/α-hetero) is 1. The number of hydrogen-bond donors (Lipinski definition) is 1.